The minimum absolute atomic E-state index is 0.0262. The summed E-state index contributed by atoms with van der Waals surface area (Å²) in [6, 6.07) is -3.11. The van der Waals surface area contributed by atoms with Crippen LogP contribution in [-0.2, 0) is 103 Å². The van der Waals surface area contributed by atoms with Gasteiger partial charge >= 0.3 is 23.5 Å². The van der Waals surface area contributed by atoms with E-state index in [4.69, 9.17) is 91.7 Å². The van der Waals surface area contributed by atoms with Crippen LogP contribution in [0.5, 0.6) is 0 Å². The number of hydrogen-bond donors (Lipinski definition) is 15. The maximum atomic E-state index is 13.0. The van der Waals surface area contributed by atoms with Crippen LogP contribution in [-0.4, -0.2) is 355 Å². The van der Waals surface area contributed by atoms with Crippen LogP contribution in [0.2, 0.25) is 0 Å². The first-order valence-electron chi connectivity index (χ1n) is 36.6. The highest BCUT2D eigenvalue weighted by molar-refractivity contribution is 7.48. The Kier molecular flexibility index (Phi) is 41.6. The van der Waals surface area contributed by atoms with Gasteiger partial charge in [-0.15, -0.1) is 0 Å². The largest absolute Gasteiger partial charge is 0.472 e. The number of unbranched alkanes of at least 4 members (excludes halogenated alkanes) is 3. The van der Waals surface area contributed by atoms with Gasteiger partial charge in [0.2, 0.25) is 17.7 Å². The molecule has 40 nitrogen and oxygen atoms in total. The first kappa shape index (κ1) is 92.7. The maximum absolute atomic E-state index is 13.0. The molecule has 43 heteroatoms. The fraction of sp³-hybridized carbons (Fsp3) is 0.952. The molecule has 0 bridgehead atoms. The summed E-state index contributed by atoms with van der Waals surface area (Å²) in [7, 11) is -12.2. The lowest BCUT2D eigenvalue weighted by Crippen LogP contribution is -2.62. The molecule has 0 radical (unpaired) electrons. The summed E-state index contributed by atoms with van der Waals surface area (Å²) in [6.07, 6.45) is -11.0. The standard InChI is InChI=1S/C63H119N6O34P3/c1-88-38-63(39-89-26-8-32-95-104(82,83)101-42-14-20-67(21-15-42)48(73)11-2-5-29-92-60-51(64)57(79)54(76)45(35-70)98-60,40-90-27-9-33-96-105(84,85)102-43-16-22-68(23-17-43)49(74)12-3-6-30-93-61-52(65)58(80)55(77)46(36-71)99-61)41-91-28-10-34-97-106(86,87)103-44-18-24-69(25-19-44)50(75)13-4-7-31-94-62-53(66)59(81)56(78)47(37-72)100-62/h42-47,51-62,70-72,76-81H,2-41,64-66H2,1H3,(H,82,83)(H,84,85)(H,86,87)/t45?,46?,47?,51-,52-,53-,54-,55-,56-,57?,58?,59?,60+,61+,62+,63?/m0/s1. The van der Waals surface area contributed by atoms with E-state index in [0.29, 0.717) is 38.5 Å². The van der Waals surface area contributed by atoms with Crippen LogP contribution >= 0.6 is 23.5 Å². The van der Waals surface area contributed by atoms with Gasteiger partial charge in [0.1, 0.15) is 54.9 Å². The van der Waals surface area contributed by atoms with Gasteiger partial charge in [0.05, 0.1) is 108 Å². The van der Waals surface area contributed by atoms with Gasteiger partial charge in [-0.1, -0.05) is 0 Å². The third-order valence-electron chi connectivity index (χ3n) is 19.0. The molecule has 0 aromatic carbocycles. The Labute approximate surface area is 617 Å². The Morgan fingerprint density at radius 1 is 0.396 bits per heavy atom. The first-order valence-corrected chi connectivity index (χ1v) is 41.0. The predicted octanol–water partition coefficient (Wildman–Crippen LogP) is -2.93. The second-order valence-electron chi connectivity index (χ2n) is 27.4. The number of ether oxygens (including phenoxy) is 10. The van der Waals surface area contributed by atoms with E-state index in [1.807, 2.05) is 0 Å². The van der Waals surface area contributed by atoms with E-state index in [9.17, 15) is 88.7 Å². The van der Waals surface area contributed by atoms with Gasteiger partial charge in [-0.3, -0.25) is 41.5 Å². The van der Waals surface area contributed by atoms with Crippen molar-refractivity contribution in [2.75, 3.05) is 152 Å². The Morgan fingerprint density at radius 3 is 0.906 bits per heavy atom. The van der Waals surface area contributed by atoms with Crippen molar-refractivity contribution in [3.8, 4) is 0 Å². The van der Waals surface area contributed by atoms with Crippen LogP contribution in [0.4, 0.5) is 0 Å². The molecular weight excluding hydrogens is 1480 g/mol. The van der Waals surface area contributed by atoms with Crippen molar-refractivity contribution in [1.82, 2.24) is 14.7 Å². The SMILES string of the molecule is COCC(COCCCOP(=O)(O)OC1CCN(C(=O)CCCCO[C@@H]2OC(CO)[C@H](O)C(O)[C@@H]2N)CC1)(COCCCOP(=O)(O)OC1CCN(C(=O)CCCCO[C@@H]2OC(CO)[C@H](O)C(O)[C@@H]2N)CC1)COCCCOP(=O)(O)OC1CCN(C(=O)CCCCO[C@@H]2OC(CO)[C@H](O)C(O)[C@@H]2N)CC1. The normalized spacial score (nSPS) is 30.6. The highest BCUT2D eigenvalue weighted by Crippen LogP contribution is 2.48. The van der Waals surface area contributed by atoms with E-state index in [2.05, 4.69) is 0 Å². The van der Waals surface area contributed by atoms with Gasteiger partial charge in [-0.05, 0) is 96.3 Å². The van der Waals surface area contributed by atoms with Crippen LogP contribution in [0, 0.1) is 5.41 Å². The lowest BCUT2D eigenvalue weighted by molar-refractivity contribution is -0.265. The molecule has 6 fully saturated rings. The fourth-order valence-electron chi connectivity index (χ4n) is 12.7. The topological polar surface area (TPSA) is 581 Å². The second-order valence-corrected chi connectivity index (χ2v) is 31.7. The van der Waals surface area contributed by atoms with Crippen LogP contribution in [0.1, 0.15) is 116 Å². The third-order valence-corrected chi connectivity index (χ3v) is 22.2. The first-order chi connectivity index (χ1) is 50.5. The van der Waals surface area contributed by atoms with Gasteiger partial charge in [-0.2, -0.15) is 0 Å². The van der Waals surface area contributed by atoms with E-state index >= 15 is 0 Å². The maximum Gasteiger partial charge on any atom is 0.472 e. The summed E-state index contributed by atoms with van der Waals surface area (Å²) >= 11 is 0. The average molecular weight is 1600 g/mol. The molecule has 0 spiro atoms. The number of piperidine rings is 3. The molecule has 6 aliphatic rings. The molecule has 6 aliphatic heterocycles. The number of rotatable bonds is 50. The molecule has 0 aromatic heterocycles. The predicted molar refractivity (Wildman–Crippen MR) is 367 cm³/mol. The molecule has 0 aliphatic carbocycles. The van der Waals surface area contributed by atoms with E-state index in [-0.39, 0.29) is 220 Å². The number of carbonyl (C=O) groups excluding carboxylic acids is 3. The number of aliphatic hydroxyl groups is 9. The summed E-state index contributed by atoms with van der Waals surface area (Å²) in [6.45, 7) is -0.192. The molecule has 0 aromatic rings. The van der Waals surface area contributed by atoms with E-state index in [0.717, 1.165) is 0 Å². The summed E-state index contributed by atoms with van der Waals surface area (Å²) in [4.78, 5) is 75.7. The third kappa shape index (κ3) is 31.3. The molecule has 6 saturated heterocycles. The number of phosphoric ester groups is 3. The second kappa shape index (κ2) is 47.5. The van der Waals surface area contributed by atoms with Crippen LogP contribution in [0.3, 0.4) is 0 Å². The van der Waals surface area contributed by atoms with Gasteiger partial charge in [-0.25, -0.2) is 13.7 Å². The Morgan fingerprint density at radius 2 is 0.660 bits per heavy atom. The molecule has 106 heavy (non-hydrogen) atoms. The van der Waals surface area contributed by atoms with E-state index in [1.54, 1.807) is 14.7 Å². The van der Waals surface area contributed by atoms with Gasteiger partial charge in [0.25, 0.3) is 0 Å². The molecule has 9 unspecified atom stereocenters. The highest BCUT2D eigenvalue weighted by atomic mass is 31.2. The molecule has 18 N–H and O–H groups in total. The van der Waals surface area contributed by atoms with Crippen molar-refractivity contribution in [1.29, 1.82) is 0 Å². The molecule has 6 rings (SSSR count). The fourth-order valence-corrected chi connectivity index (χ4v) is 15.7. The monoisotopic (exact) mass is 1600 g/mol. The average Bonchev–Trinajstić information content (AvgIpc) is 0.835. The van der Waals surface area contributed by atoms with Gasteiger partial charge in [0, 0.05) is 105 Å². The number of amides is 3. The van der Waals surface area contributed by atoms with Crippen molar-refractivity contribution in [2.45, 2.75) is 226 Å². The number of hydrogen-bond acceptors (Lipinski definition) is 34. The van der Waals surface area contributed by atoms with E-state index in [1.165, 1.54) is 7.11 Å². The summed E-state index contributed by atoms with van der Waals surface area (Å²) in [5.74, 6) is -0.371. The Hall–Kier alpha value is -2.14. The number of nitrogens with two attached hydrogens (primary N) is 3. The quantitative estimate of drug-likeness (QED) is 0.0214. The van der Waals surface area contributed by atoms with Crippen molar-refractivity contribution >= 4 is 41.2 Å². The number of carbonyl (C=O) groups is 3. The van der Waals surface area contributed by atoms with E-state index < -0.39 is 159 Å². The Balaban J connectivity index is 0.877. The summed E-state index contributed by atoms with van der Waals surface area (Å²) in [5, 5.41) is 88.7. The number of aliphatic hydroxyl groups excluding tert-OH is 9. The van der Waals surface area contributed by atoms with Crippen LogP contribution < -0.4 is 17.2 Å². The smallest absolute Gasteiger partial charge is 0.394 e. The molecule has 6 heterocycles. The van der Waals surface area contributed by atoms with Crippen LogP contribution in [0.25, 0.3) is 0 Å². The van der Waals surface area contributed by atoms with Crippen molar-refractivity contribution in [3.05, 3.63) is 0 Å². The number of likely N-dealkylation sites (tertiary alicyclic amines) is 3. The summed E-state index contributed by atoms with van der Waals surface area (Å²) < 4.78 is 128. The Bertz CT molecular complexity index is 2380. The zero-order chi connectivity index (χ0) is 77.5. The zero-order valence-corrected chi connectivity index (χ0v) is 63.1. The molecule has 0 saturated carbocycles. The van der Waals surface area contributed by atoms with Crippen molar-refractivity contribution < 1.29 is 163 Å². The molecule has 18 atom stereocenters. The number of nitrogens with zero attached hydrogens (tertiary/aromatic N) is 3. The summed E-state index contributed by atoms with van der Waals surface area (Å²) in [5.41, 5.74) is 16.8. The van der Waals surface area contributed by atoms with Crippen LogP contribution in [0.15, 0.2) is 0 Å². The minimum atomic E-state index is -4.54. The number of methoxy groups -OCH3 is 1. The molecular formula is C63H119N6O34P3. The van der Waals surface area contributed by atoms with Crippen molar-refractivity contribution in [2.24, 2.45) is 22.6 Å². The number of phosphoric acid groups is 3. The highest BCUT2D eigenvalue weighted by Gasteiger charge is 2.46. The lowest BCUT2D eigenvalue weighted by atomic mass is 9.92. The van der Waals surface area contributed by atoms with Crippen molar-refractivity contribution in [3.63, 3.8) is 0 Å². The molecule has 3 amide bonds. The lowest BCUT2D eigenvalue weighted by Gasteiger charge is -2.40. The molecule has 620 valence electrons. The zero-order valence-electron chi connectivity index (χ0n) is 60.4. The minimum Gasteiger partial charge on any atom is -0.394 e. The van der Waals surface area contributed by atoms with Gasteiger partial charge < -0.3 is 140 Å². The van der Waals surface area contributed by atoms with Gasteiger partial charge in [0.15, 0.2) is 18.9 Å².